The van der Waals surface area contributed by atoms with Crippen molar-refractivity contribution in [1.82, 2.24) is 0 Å². The van der Waals surface area contributed by atoms with E-state index in [4.69, 9.17) is 4.74 Å². The number of nitrogens with one attached hydrogen (secondary N) is 1. The molecule has 0 atom stereocenters. The summed E-state index contributed by atoms with van der Waals surface area (Å²) < 4.78 is 7.40. The number of carbonyl (C=O) groups is 1. The molecule has 3 aromatic carbocycles. The minimum atomic E-state index is -0.203. The van der Waals surface area contributed by atoms with E-state index in [9.17, 15) is 4.79 Å². The van der Waals surface area contributed by atoms with E-state index in [1.54, 1.807) is 0 Å². The number of unbranched alkanes of at least 4 members (excludes halogenated alkanes) is 1. The highest BCUT2D eigenvalue weighted by atomic mass is 79.9. The molecular weight excluding hydrogens is 494 g/mol. The second-order valence-corrected chi connectivity index (χ2v) is 8.47. The second-order valence-electron chi connectivity index (χ2n) is 6.77. The molecular formula is C24H23Br2NO2. The Kier molecular flexibility index (Phi) is 7.90. The number of anilines is 1. The van der Waals surface area contributed by atoms with Gasteiger partial charge in [-0.2, -0.15) is 0 Å². The first-order chi connectivity index (χ1) is 14.1. The van der Waals surface area contributed by atoms with Crippen LogP contribution in [-0.2, 0) is 11.2 Å². The Morgan fingerprint density at radius 2 is 1.72 bits per heavy atom. The first-order valence-corrected chi connectivity index (χ1v) is 11.2. The van der Waals surface area contributed by atoms with E-state index in [0.29, 0.717) is 5.75 Å². The van der Waals surface area contributed by atoms with Gasteiger partial charge in [0, 0.05) is 4.47 Å². The average Bonchev–Trinajstić information content (AvgIpc) is 2.73. The van der Waals surface area contributed by atoms with Crippen LogP contribution in [0, 0.1) is 0 Å². The summed E-state index contributed by atoms with van der Waals surface area (Å²) in [6.45, 7) is 2.12. The largest absolute Gasteiger partial charge is 0.483 e. The number of amides is 1. The van der Waals surface area contributed by atoms with Crippen molar-refractivity contribution in [3.8, 4) is 16.9 Å². The van der Waals surface area contributed by atoms with E-state index in [-0.39, 0.29) is 12.5 Å². The number of ether oxygens (including phenoxy) is 1. The molecule has 3 aromatic rings. The van der Waals surface area contributed by atoms with Gasteiger partial charge in [-0.3, -0.25) is 4.79 Å². The van der Waals surface area contributed by atoms with E-state index in [1.807, 2.05) is 42.5 Å². The Bertz CT molecular complexity index is 974. The van der Waals surface area contributed by atoms with Crippen molar-refractivity contribution in [2.75, 3.05) is 11.9 Å². The fourth-order valence-corrected chi connectivity index (χ4v) is 3.97. The lowest BCUT2D eigenvalue weighted by atomic mass is 10.1. The van der Waals surface area contributed by atoms with E-state index in [2.05, 4.69) is 68.4 Å². The molecule has 0 fully saturated rings. The van der Waals surface area contributed by atoms with Crippen LogP contribution in [-0.4, -0.2) is 12.5 Å². The lowest BCUT2D eigenvalue weighted by Crippen LogP contribution is -2.20. The highest BCUT2D eigenvalue weighted by Crippen LogP contribution is 2.31. The third-order valence-corrected chi connectivity index (χ3v) is 5.80. The van der Waals surface area contributed by atoms with Crippen molar-refractivity contribution < 1.29 is 9.53 Å². The molecule has 5 heteroatoms. The van der Waals surface area contributed by atoms with Crippen LogP contribution < -0.4 is 10.1 Å². The summed E-state index contributed by atoms with van der Waals surface area (Å²) in [7, 11) is 0. The molecule has 0 saturated heterocycles. The fourth-order valence-electron chi connectivity index (χ4n) is 2.95. The van der Waals surface area contributed by atoms with Gasteiger partial charge >= 0.3 is 0 Å². The molecule has 150 valence electrons. The van der Waals surface area contributed by atoms with Crippen molar-refractivity contribution in [3.63, 3.8) is 0 Å². The predicted octanol–water partition coefficient (Wildman–Crippen LogP) is 7.24. The minimum absolute atomic E-state index is 0.0622. The minimum Gasteiger partial charge on any atom is -0.483 e. The number of benzene rings is 3. The number of halogens is 2. The number of hydrogen-bond acceptors (Lipinski definition) is 2. The fraction of sp³-hybridized carbons (Fsp3) is 0.208. The summed E-state index contributed by atoms with van der Waals surface area (Å²) in [6.07, 6.45) is 3.36. The average molecular weight is 517 g/mol. The maximum Gasteiger partial charge on any atom is 0.262 e. The van der Waals surface area contributed by atoms with Crippen molar-refractivity contribution in [2.24, 2.45) is 0 Å². The molecule has 0 aliphatic rings. The van der Waals surface area contributed by atoms with Crippen LogP contribution in [0.2, 0.25) is 0 Å². The molecule has 0 saturated carbocycles. The van der Waals surface area contributed by atoms with Crippen LogP contribution in [0.5, 0.6) is 5.75 Å². The summed E-state index contributed by atoms with van der Waals surface area (Å²) in [6, 6.07) is 22.0. The summed E-state index contributed by atoms with van der Waals surface area (Å²) >= 11 is 7.08. The zero-order chi connectivity index (χ0) is 20.6. The zero-order valence-electron chi connectivity index (χ0n) is 16.3. The quantitative estimate of drug-likeness (QED) is 0.342. The number of aryl methyl sites for hydroxylation is 1. The van der Waals surface area contributed by atoms with Crippen molar-refractivity contribution in [3.05, 3.63) is 81.2 Å². The Balaban J connectivity index is 1.58. The van der Waals surface area contributed by atoms with Crippen LogP contribution in [0.15, 0.2) is 75.7 Å². The molecule has 3 nitrogen and oxygen atoms in total. The normalized spacial score (nSPS) is 10.6. The first-order valence-electron chi connectivity index (χ1n) is 9.63. The van der Waals surface area contributed by atoms with Crippen LogP contribution in [0.3, 0.4) is 0 Å². The molecule has 0 aliphatic carbocycles. The van der Waals surface area contributed by atoms with E-state index in [1.165, 1.54) is 5.56 Å². The van der Waals surface area contributed by atoms with Crippen molar-refractivity contribution in [1.29, 1.82) is 0 Å². The Morgan fingerprint density at radius 1 is 0.931 bits per heavy atom. The summed E-state index contributed by atoms with van der Waals surface area (Å²) in [5.41, 5.74) is 4.22. The molecule has 0 spiro atoms. The zero-order valence-corrected chi connectivity index (χ0v) is 19.4. The Hall–Kier alpha value is -2.11. The molecule has 0 aliphatic heterocycles. The molecule has 29 heavy (non-hydrogen) atoms. The topological polar surface area (TPSA) is 38.3 Å². The van der Waals surface area contributed by atoms with Crippen molar-refractivity contribution in [2.45, 2.75) is 26.2 Å². The molecule has 0 radical (unpaired) electrons. The van der Waals surface area contributed by atoms with Crippen LogP contribution in [0.1, 0.15) is 25.3 Å². The van der Waals surface area contributed by atoms with Gasteiger partial charge in [-0.15, -0.1) is 0 Å². The van der Waals surface area contributed by atoms with E-state index >= 15 is 0 Å². The van der Waals surface area contributed by atoms with Gasteiger partial charge in [-0.05, 0) is 85.7 Å². The van der Waals surface area contributed by atoms with Gasteiger partial charge in [0.15, 0.2) is 6.61 Å². The Morgan fingerprint density at radius 3 is 2.41 bits per heavy atom. The predicted molar refractivity (Wildman–Crippen MR) is 126 cm³/mol. The van der Waals surface area contributed by atoms with E-state index in [0.717, 1.165) is 45.0 Å². The smallest absolute Gasteiger partial charge is 0.262 e. The second kappa shape index (κ2) is 10.6. The van der Waals surface area contributed by atoms with Crippen LogP contribution >= 0.6 is 31.9 Å². The Labute approximate surface area is 188 Å². The highest BCUT2D eigenvalue weighted by molar-refractivity contribution is 9.11. The first kappa shape index (κ1) is 21.6. The molecule has 1 N–H and O–H groups in total. The molecule has 0 unspecified atom stereocenters. The highest BCUT2D eigenvalue weighted by Gasteiger charge is 2.10. The summed E-state index contributed by atoms with van der Waals surface area (Å²) in [5.74, 6) is 0.430. The number of rotatable bonds is 8. The summed E-state index contributed by atoms with van der Waals surface area (Å²) in [4.78, 5) is 12.3. The molecule has 0 aromatic heterocycles. The van der Waals surface area contributed by atoms with Gasteiger partial charge in [0.2, 0.25) is 0 Å². The number of hydrogen-bond donors (Lipinski definition) is 1. The van der Waals surface area contributed by atoms with Gasteiger partial charge in [0.25, 0.3) is 5.91 Å². The van der Waals surface area contributed by atoms with Gasteiger partial charge < -0.3 is 10.1 Å². The van der Waals surface area contributed by atoms with E-state index < -0.39 is 0 Å². The maximum atomic E-state index is 12.3. The SMILES string of the molecule is CCCCc1ccc(NC(=O)COc2ccc(-c3ccccc3)cc2Br)c(Br)c1. The molecule has 0 heterocycles. The maximum absolute atomic E-state index is 12.3. The monoisotopic (exact) mass is 515 g/mol. The lowest BCUT2D eigenvalue weighted by molar-refractivity contribution is -0.118. The standard InChI is InChI=1S/C24H23Br2NO2/c1-2-3-7-17-10-12-22(20(25)14-17)27-24(28)16-29-23-13-11-19(15-21(23)26)18-8-5-4-6-9-18/h4-6,8-15H,2-3,7,16H2,1H3,(H,27,28). The third-order valence-electron chi connectivity index (χ3n) is 4.52. The van der Waals surface area contributed by atoms with Crippen LogP contribution in [0.4, 0.5) is 5.69 Å². The third kappa shape index (κ3) is 6.18. The van der Waals surface area contributed by atoms with Gasteiger partial charge in [-0.1, -0.05) is 55.8 Å². The van der Waals surface area contributed by atoms with Crippen LogP contribution in [0.25, 0.3) is 11.1 Å². The molecule has 3 rings (SSSR count). The van der Waals surface area contributed by atoms with Gasteiger partial charge in [0.05, 0.1) is 10.2 Å². The van der Waals surface area contributed by atoms with Gasteiger partial charge in [0.1, 0.15) is 5.75 Å². The van der Waals surface area contributed by atoms with Gasteiger partial charge in [-0.25, -0.2) is 0 Å². The molecule has 0 bridgehead atoms. The number of carbonyl (C=O) groups excluding carboxylic acids is 1. The summed E-state index contributed by atoms with van der Waals surface area (Å²) in [5, 5.41) is 2.89. The lowest BCUT2D eigenvalue weighted by Gasteiger charge is -2.12. The van der Waals surface area contributed by atoms with Crippen molar-refractivity contribution >= 4 is 43.5 Å². The molecule has 1 amide bonds.